The predicted molar refractivity (Wildman–Crippen MR) is 73.1 cm³/mol. The van der Waals surface area contributed by atoms with Gasteiger partial charge < -0.3 is 10.2 Å². The lowest BCUT2D eigenvalue weighted by atomic mass is 10.2. The van der Waals surface area contributed by atoms with Gasteiger partial charge in [0.25, 0.3) is 0 Å². The molecular formula is C14H23N3O. The molecule has 1 aromatic rings. The first-order valence-electron chi connectivity index (χ1n) is 6.47. The molecule has 0 aliphatic carbocycles. The van der Waals surface area contributed by atoms with Crippen molar-refractivity contribution in [1.82, 2.24) is 15.2 Å². The Morgan fingerprint density at radius 1 is 1.44 bits per heavy atom. The van der Waals surface area contributed by atoms with Gasteiger partial charge in [-0.15, -0.1) is 0 Å². The van der Waals surface area contributed by atoms with Gasteiger partial charge in [0.05, 0.1) is 12.2 Å². The molecule has 0 spiro atoms. The Morgan fingerprint density at radius 3 is 2.83 bits per heavy atom. The van der Waals surface area contributed by atoms with Crippen molar-refractivity contribution < 1.29 is 4.79 Å². The highest BCUT2D eigenvalue weighted by molar-refractivity contribution is 5.75. The lowest BCUT2D eigenvalue weighted by Gasteiger charge is -2.17. The quantitative estimate of drug-likeness (QED) is 0.750. The first-order chi connectivity index (χ1) is 8.59. The lowest BCUT2D eigenvalue weighted by molar-refractivity contribution is -0.130. The van der Waals surface area contributed by atoms with Crippen molar-refractivity contribution in [3.05, 3.63) is 30.1 Å². The average molecular weight is 249 g/mol. The van der Waals surface area contributed by atoms with Crippen molar-refractivity contribution in [2.24, 2.45) is 0 Å². The molecule has 0 saturated carbocycles. The Labute approximate surface area is 109 Å². The van der Waals surface area contributed by atoms with Gasteiger partial charge in [0.2, 0.25) is 5.91 Å². The van der Waals surface area contributed by atoms with Crippen LogP contribution in [0.3, 0.4) is 0 Å². The molecular weight excluding hydrogens is 226 g/mol. The molecule has 1 aromatic heterocycles. The third-order valence-electron chi connectivity index (χ3n) is 2.67. The maximum Gasteiger partial charge on any atom is 0.222 e. The van der Waals surface area contributed by atoms with E-state index in [2.05, 4.69) is 24.1 Å². The van der Waals surface area contributed by atoms with Gasteiger partial charge in [0.1, 0.15) is 0 Å². The first-order valence-corrected chi connectivity index (χ1v) is 6.47. The SMILES string of the molecule is CC(C)NCCCC(=O)N(C)Cc1ccccn1. The van der Waals surface area contributed by atoms with Crippen molar-refractivity contribution in [2.75, 3.05) is 13.6 Å². The second kappa shape index (κ2) is 7.82. The van der Waals surface area contributed by atoms with Crippen molar-refractivity contribution >= 4 is 5.91 Å². The van der Waals surface area contributed by atoms with E-state index in [-0.39, 0.29) is 5.91 Å². The van der Waals surface area contributed by atoms with Crippen LogP contribution in [0.5, 0.6) is 0 Å². The average Bonchev–Trinajstić information content (AvgIpc) is 2.35. The monoisotopic (exact) mass is 249 g/mol. The summed E-state index contributed by atoms with van der Waals surface area (Å²) >= 11 is 0. The fourth-order valence-corrected chi connectivity index (χ4v) is 1.64. The Hall–Kier alpha value is -1.42. The van der Waals surface area contributed by atoms with Crippen LogP contribution in [0.4, 0.5) is 0 Å². The predicted octanol–water partition coefficient (Wildman–Crippen LogP) is 1.82. The summed E-state index contributed by atoms with van der Waals surface area (Å²) in [6.07, 6.45) is 3.22. The molecule has 0 aromatic carbocycles. The van der Waals surface area contributed by atoms with Crippen molar-refractivity contribution in [3.63, 3.8) is 0 Å². The van der Waals surface area contributed by atoms with Crippen LogP contribution in [0.25, 0.3) is 0 Å². The number of aromatic nitrogens is 1. The Kier molecular flexibility index (Phi) is 6.36. The number of pyridine rings is 1. The van der Waals surface area contributed by atoms with Gasteiger partial charge in [0.15, 0.2) is 0 Å². The number of amides is 1. The molecule has 1 rings (SSSR count). The molecule has 1 heterocycles. The van der Waals surface area contributed by atoms with Gasteiger partial charge in [-0.3, -0.25) is 9.78 Å². The Balaban J connectivity index is 2.25. The third kappa shape index (κ3) is 5.77. The van der Waals surface area contributed by atoms with Crippen LogP contribution in [-0.4, -0.2) is 35.4 Å². The molecule has 0 atom stereocenters. The molecule has 18 heavy (non-hydrogen) atoms. The Morgan fingerprint density at radius 2 is 2.22 bits per heavy atom. The summed E-state index contributed by atoms with van der Waals surface area (Å²) < 4.78 is 0. The molecule has 1 amide bonds. The summed E-state index contributed by atoms with van der Waals surface area (Å²) in [6.45, 7) is 5.68. The van der Waals surface area contributed by atoms with E-state index in [0.29, 0.717) is 19.0 Å². The van der Waals surface area contributed by atoms with Gasteiger partial charge in [0, 0.05) is 25.7 Å². The number of carbonyl (C=O) groups excluding carboxylic acids is 1. The maximum atomic E-state index is 11.9. The molecule has 4 heteroatoms. The van der Waals surface area contributed by atoms with Crippen LogP contribution in [0, 0.1) is 0 Å². The van der Waals surface area contributed by atoms with E-state index in [0.717, 1.165) is 18.7 Å². The molecule has 0 unspecified atom stereocenters. The fourth-order valence-electron chi connectivity index (χ4n) is 1.64. The van der Waals surface area contributed by atoms with Gasteiger partial charge in [-0.1, -0.05) is 19.9 Å². The lowest BCUT2D eigenvalue weighted by Crippen LogP contribution is -2.28. The Bertz CT molecular complexity index is 351. The van der Waals surface area contributed by atoms with Crippen LogP contribution >= 0.6 is 0 Å². The van der Waals surface area contributed by atoms with Gasteiger partial charge in [-0.05, 0) is 25.1 Å². The van der Waals surface area contributed by atoms with E-state index in [1.807, 2.05) is 25.2 Å². The minimum absolute atomic E-state index is 0.172. The number of nitrogens with zero attached hydrogens (tertiary/aromatic N) is 2. The molecule has 4 nitrogen and oxygen atoms in total. The van der Waals surface area contributed by atoms with Crippen LogP contribution in [0.15, 0.2) is 24.4 Å². The van der Waals surface area contributed by atoms with Crippen LogP contribution in [0.2, 0.25) is 0 Å². The molecule has 100 valence electrons. The smallest absolute Gasteiger partial charge is 0.222 e. The van der Waals surface area contributed by atoms with E-state index in [1.165, 1.54) is 0 Å². The first kappa shape index (κ1) is 14.6. The molecule has 0 aliphatic heterocycles. The van der Waals surface area contributed by atoms with Crippen molar-refractivity contribution in [1.29, 1.82) is 0 Å². The van der Waals surface area contributed by atoms with E-state index < -0.39 is 0 Å². The molecule has 0 bridgehead atoms. The highest BCUT2D eigenvalue weighted by Crippen LogP contribution is 2.02. The zero-order valence-corrected chi connectivity index (χ0v) is 11.5. The summed E-state index contributed by atoms with van der Waals surface area (Å²) in [4.78, 5) is 17.8. The van der Waals surface area contributed by atoms with Gasteiger partial charge >= 0.3 is 0 Å². The van der Waals surface area contributed by atoms with E-state index >= 15 is 0 Å². The summed E-state index contributed by atoms with van der Waals surface area (Å²) in [5, 5.41) is 3.31. The second-order valence-corrected chi connectivity index (χ2v) is 4.78. The summed E-state index contributed by atoms with van der Waals surface area (Å²) in [6, 6.07) is 6.23. The maximum absolute atomic E-state index is 11.9. The van der Waals surface area contributed by atoms with Crippen molar-refractivity contribution in [3.8, 4) is 0 Å². The number of hydrogen-bond donors (Lipinski definition) is 1. The van der Waals surface area contributed by atoms with E-state index in [9.17, 15) is 4.79 Å². The second-order valence-electron chi connectivity index (χ2n) is 4.78. The standard InChI is InChI=1S/C14H23N3O/c1-12(2)15-10-6-8-14(18)17(3)11-13-7-4-5-9-16-13/h4-5,7,9,12,15H,6,8,10-11H2,1-3H3. The fraction of sp³-hybridized carbons (Fsp3) is 0.571. The topological polar surface area (TPSA) is 45.2 Å². The zero-order chi connectivity index (χ0) is 13.4. The van der Waals surface area contributed by atoms with E-state index in [1.54, 1.807) is 11.1 Å². The normalized spacial score (nSPS) is 10.7. The minimum atomic E-state index is 0.172. The van der Waals surface area contributed by atoms with Gasteiger partial charge in [-0.25, -0.2) is 0 Å². The van der Waals surface area contributed by atoms with Crippen molar-refractivity contribution in [2.45, 2.75) is 39.3 Å². The largest absolute Gasteiger partial charge is 0.340 e. The number of rotatable bonds is 7. The third-order valence-corrected chi connectivity index (χ3v) is 2.67. The van der Waals surface area contributed by atoms with E-state index in [4.69, 9.17) is 0 Å². The number of hydrogen-bond acceptors (Lipinski definition) is 3. The number of carbonyl (C=O) groups is 1. The number of nitrogens with one attached hydrogen (secondary N) is 1. The van der Waals surface area contributed by atoms with Crippen LogP contribution in [0.1, 0.15) is 32.4 Å². The molecule has 1 N–H and O–H groups in total. The van der Waals surface area contributed by atoms with Gasteiger partial charge in [-0.2, -0.15) is 0 Å². The van der Waals surface area contributed by atoms with Crippen LogP contribution in [-0.2, 0) is 11.3 Å². The zero-order valence-electron chi connectivity index (χ0n) is 11.5. The molecule has 0 radical (unpaired) electrons. The molecule has 0 aliphatic rings. The molecule has 0 saturated heterocycles. The van der Waals surface area contributed by atoms with Crippen LogP contribution < -0.4 is 5.32 Å². The molecule has 0 fully saturated rings. The minimum Gasteiger partial charge on any atom is -0.340 e. The summed E-state index contributed by atoms with van der Waals surface area (Å²) in [7, 11) is 1.83. The highest BCUT2D eigenvalue weighted by atomic mass is 16.2. The summed E-state index contributed by atoms with van der Waals surface area (Å²) in [5.74, 6) is 0.172. The summed E-state index contributed by atoms with van der Waals surface area (Å²) in [5.41, 5.74) is 0.925. The highest BCUT2D eigenvalue weighted by Gasteiger charge is 2.09.